The number of carbonyl (C=O) groups is 1. The van der Waals surface area contributed by atoms with Gasteiger partial charge in [0.25, 0.3) is 0 Å². The Hall–Kier alpha value is -3.49. The van der Waals surface area contributed by atoms with Gasteiger partial charge in [0.2, 0.25) is 5.91 Å². The molecule has 0 aliphatic carbocycles. The number of rotatable bonds is 6. The van der Waals surface area contributed by atoms with Crippen molar-refractivity contribution in [1.29, 1.82) is 0 Å². The van der Waals surface area contributed by atoms with Crippen molar-refractivity contribution in [2.45, 2.75) is 25.9 Å². The highest BCUT2D eigenvalue weighted by atomic mass is 79.9. The summed E-state index contributed by atoms with van der Waals surface area (Å²) in [5.41, 5.74) is 5.98. The molecule has 0 saturated carbocycles. The number of carbonyl (C=O) groups excluding carboxylic acids is 1. The molecule has 1 saturated heterocycles. The SMILES string of the molecule is Cc1cc([C@H]2[C@H](c3ccccn3)NC(=S)N2CC(=O)Nc2ccccc2)c(C)n1-c1ccccc1Br. The van der Waals surface area contributed by atoms with E-state index in [9.17, 15) is 4.79 Å². The maximum absolute atomic E-state index is 13.1. The lowest BCUT2D eigenvalue weighted by molar-refractivity contribution is -0.116. The summed E-state index contributed by atoms with van der Waals surface area (Å²) in [7, 11) is 0. The number of nitrogens with zero attached hydrogens (tertiary/aromatic N) is 3. The molecule has 2 aromatic heterocycles. The fourth-order valence-electron chi connectivity index (χ4n) is 4.88. The van der Waals surface area contributed by atoms with E-state index >= 15 is 0 Å². The van der Waals surface area contributed by atoms with Crippen molar-refractivity contribution in [2.75, 3.05) is 11.9 Å². The third-order valence-corrected chi connectivity index (χ3v) is 7.47. The van der Waals surface area contributed by atoms with Crippen molar-refractivity contribution < 1.29 is 4.79 Å². The minimum absolute atomic E-state index is 0.118. The maximum atomic E-state index is 13.1. The molecular formula is C28H26BrN5OS. The summed E-state index contributed by atoms with van der Waals surface area (Å²) in [6, 6.07) is 25.3. The molecule has 6 nitrogen and oxygen atoms in total. The Morgan fingerprint density at radius 1 is 1.06 bits per heavy atom. The molecule has 1 amide bonds. The van der Waals surface area contributed by atoms with Gasteiger partial charge in [-0.05, 0) is 90.0 Å². The predicted octanol–water partition coefficient (Wildman–Crippen LogP) is 5.86. The van der Waals surface area contributed by atoms with Crippen LogP contribution in [0, 0.1) is 13.8 Å². The van der Waals surface area contributed by atoms with Gasteiger partial charge in [-0.3, -0.25) is 9.78 Å². The van der Waals surface area contributed by atoms with Gasteiger partial charge in [-0.25, -0.2) is 0 Å². The average molecular weight is 561 g/mol. The summed E-state index contributed by atoms with van der Waals surface area (Å²) in [5, 5.41) is 6.96. The number of aromatic nitrogens is 2. The first-order valence-electron chi connectivity index (χ1n) is 11.7. The van der Waals surface area contributed by atoms with Crippen LogP contribution in [-0.4, -0.2) is 32.0 Å². The number of nitrogens with one attached hydrogen (secondary N) is 2. The second kappa shape index (κ2) is 10.2. The predicted molar refractivity (Wildman–Crippen MR) is 150 cm³/mol. The zero-order valence-corrected chi connectivity index (χ0v) is 22.4. The summed E-state index contributed by atoms with van der Waals surface area (Å²) in [6.45, 7) is 4.33. The van der Waals surface area contributed by atoms with Crippen LogP contribution >= 0.6 is 28.1 Å². The van der Waals surface area contributed by atoms with Crippen LogP contribution in [0.5, 0.6) is 0 Å². The molecule has 1 fully saturated rings. The monoisotopic (exact) mass is 559 g/mol. The largest absolute Gasteiger partial charge is 0.352 e. The fraction of sp³-hybridized carbons (Fsp3) is 0.179. The topological polar surface area (TPSA) is 62.2 Å². The number of pyridine rings is 1. The number of halogens is 1. The molecule has 2 aromatic carbocycles. The van der Waals surface area contributed by atoms with Gasteiger partial charge >= 0.3 is 0 Å². The number of hydrogen-bond acceptors (Lipinski definition) is 3. The van der Waals surface area contributed by atoms with E-state index in [2.05, 4.69) is 62.1 Å². The van der Waals surface area contributed by atoms with E-state index in [0.29, 0.717) is 5.11 Å². The summed E-state index contributed by atoms with van der Waals surface area (Å²) in [4.78, 5) is 19.7. The molecule has 0 radical (unpaired) electrons. The number of anilines is 1. The van der Waals surface area contributed by atoms with Crippen LogP contribution in [0.15, 0.2) is 89.5 Å². The normalized spacial score (nSPS) is 17.2. The van der Waals surface area contributed by atoms with E-state index in [1.54, 1.807) is 6.20 Å². The van der Waals surface area contributed by atoms with Crippen LogP contribution in [0.3, 0.4) is 0 Å². The van der Waals surface area contributed by atoms with E-state index < -0.39 is 0 Å². The molecule has 0 unspecified atom stereocenters. The van der Waals surface area contributed by atoms with Crippen molar-refractivity contribution in [3.05, 3.63) is 112 Å². The minimum Gasteiger partial charge on any atom is -0.352 e. The second-order valence-corrected chi connectivity index (χ2v) is 10.0. The maximum Gasteiger partial charge on any atom is 0.244 e. The summed E-state index contributed by atoms with van der Waals surface area (Å²) < 4.78 is 3.25. The van der Waals surface area contributed by atoms with Crippen molar-refractivity contribution in [2.24, 2.45) is 0 Å². The van der Waals surface area contributed by atoms with E-state index in [1.807, 2.05) is 71.6 Å². The van der Waals surface area contributed by atoms with Crippen LogP contribution in [0.4, 0.5) is 5.69 Å². The molecule has 2 atom stereocenters. The standard InChI is InChI=1S/C28H26BrN5OS/c1-18-16-21(19(2)34(18)24-14-7-6-12-22(24)29)27-26(23-13-8-9-15-30-23)32-28(36)33(27)17-25(35)31-20-10-4-3-5-11-20/h3-16,26-27H,17H2,1-2H3,(H,31,35)(H,32,36)/t26-,27-/m0/s1. The van der Waals surface area contributed by atoms with Crippen LogP contribution < -0.4 is 10.6 Å². The van der Waals surface area contributed by atoms with Crippen LogP contribution in [0.1, 0.15) is 34.7 Å². The van der Waals surface area contributed by atoms with E-state index in [0.717, 1.165) is 38.5 Å². The van der Waals surface area contributed by atoms with E-state index in [1.165, 1.54) is 0 Å². The Balaban J connectivity index is 1.55. The number of para-hydroxylation sites is 2. The zero-order chi connectivity index (χ0) is 25.2. The molecule has 3 heterocycles. The number of benzene rings is 2. The third-order valence-electron chi connectivity index (χ3n) is 6.45. The molecule has 5 rings (SSSR count). The quantitative estimate of drug-likeness (QED) is 0.289. The first-order valence-corrected chi connectivity index (χ1v) is 12.9. The summed E-state index contributed by atoms with van der Waals surface area (Å²) >= 11 is 9.47. The van der Waals surface area contributed by atoms with Crippen molar-refractivity contribution in [1.82, 2.24) is 19.8 Å². The molecule has 182 valence electrons. The molecule has 1 aliphatic heterocycles. The van der Waals surface area contributed by atoms with Crippen LogP contribution in [0.25, 0.3) is 5.69 Å². The van der Waals surface area contributed by atoms with Gasteiger partial charge in [-0.2, -0.15) is 0 Å². The van der Waals surface area contributed by atoms with E-state index in [-0.39, 0.29) is 24.5 Å². The molecule has 0 spiro atoms. The third kappa shape index (κ3) is 4.66. The molecule has 8 heteroatoms. The number of aryl methyl sites for hydroxylation is 1. The number of hydrogen-bond donors (Lipinski definition) is 2. The minimum atomic E-state index is -0.212. The first kappa shape index (κ1) is 24.2. The van der Waals surface area contributed by atoms with Gasteiger partial charge in [0, 0.05) is 27.7 Å². The number of amides is 1. The lowest BCUT2D eigenvalue weighted by Gasteiger charge is -2.27. The Labute approximate surface area is 224 Å². The Bertz CT molecular complexity index is 1410. The van der Waals surface area contributed by atoms with Gasteiger partial charge in [0.1, 0.15) is 6.54 Å². The van der Waals surface area contributed by atoms with Crippen molar-refractivity contribution in [3.8, 4) is 5.69 Å². The zero-order valence-electron chi connectivity index (χ0n) is 20.0. The number of thiocarbonyl (C=S) groups is 1. The molecular weight excluding hydrogens is 534 g/mol. The second-order valence-electron chi connectivity index (χ2n) is 8.78. The highest BCUT2D eigenvalue weighted by Gasteiger charge is 2.42. The fourth-order valence-corrected chi connectivity index (χ4v) is 5.65. The Morgan fingerprint density at radius 2 is 1.78 bits per heavy atom. The Kier molecular flexibility index (Phi) is 6.89. The van der Waals surface area contributed by atoms with Gasteiger partial charge in [0.15, 0.2) is 5.11 Å². The molecule has 0 bridgehead atoms. The van der Waals surface area contributed by atoms with Crippen LogP contribution in [-0.2, 0) is 4.79 Å². The van der Waals surface area contributed by atoms with Gasteiger partial charge in [-0.1, -0.05) is 36.4 Å². The lowest BCUT2D eigenvalue weighted by Crippen LogP contribution is -2.37. The molecule has 1 aliphatic rings. The smallest absolute Gasteiger partial charge is 0.244 e. The van der Waals surface area contributed by atoms with Gasteiger partial charge in [0.05, 0.1) is 23.5 Å². The van der Waals surface area contributed by atoms with Crippen molar-refractivity contribution >= 4 is 44.9 Å². The van der Waals surface area contributed by atoms with Gasteiger partial charge in [-0.15, -0.1) is 0 Å². The van der Waals surface area contributed by atoms with Gasteiger partial charge < -0.3 is 20.1 Å². The summed E-state index contributed by atoms with van der Waals surface area (Å²) in [6.07, 6.45) is 1.78. The average Bonchev–Trinajstić information content (AvgIpc) is 3.35. The Morgan fingerprint density at radius 3 is 2.50 bits per heavy atom. The molecule has 36 heavy (non-hydrogen) atoms. The first-order chi connectivity index (χ1) is 17.4. The van der Waals surface area contributed by atoms with E-state index in [4.69, 9.17) is 12.2 Å². The lowest BCUT2D eigenvalue weighted by atomic mass is 9.96. The van der Waals surface area contributed by atoms with Crippen LogP contribution in [0.2, 0.25) is 0 Å². The molecule has 4 aromatic rings. The van der Waals surface area contributed by atoms with Crippen molar-refractivity contribution in [3.63, 3.8) is 0 Å². The highest BCUT2D eigenvalue weighted by Crippen LogP contribution is 2.41. The molecule has 2 N–H and O–H groups in total. The highest BCUT2D eigenvalue weighted by molar-refractivity contribution is 9.10. The summed E-state index contributed by atoms with van der Waals surface area (Å²) in [5.74, 6) is -0.128.